The zero-order valence-electron chi connectivity index (χ0n) is 13.6. The molecular formula is C21H22NSb+4. The smallest absolute Gasteiger partial charge is 0.286 e. The van der Waals surface area contributed by atoms with Crippen LogP contribution in [0.4, 0.5) is 5.69 Å². The van der Waals surface area contributed by atoms with Crippen LogP contribution in [0.15, 0.2) is 91.0 Å². The quantitative estimate of drug-likeness (QED) is 0.434. The second-order valence-corrected chi connectivity index (χ2v) is 6.10. The molecular weight excluding hydrogens is 388 g/mol. The zero-order chi connectivity index (χ0) is 15.4. The first-order chi connectivity index (χ1) is 10.7. The van der Waals surface area contributed by atoms with Gasteiger partial charge in [-0.1, -0.05) is 78.9 Å². The molecule has 0 spiro atoms. The summed E-state index contributed by atoms with van der Waals surface area (Å²) in [6, 6.07) is 32.5. The fraction of sp³-hybridized carbons (Fsp3) is 0.143. The van der Waals surface area contributed by atoms with Crippen molar-refractivity contribution >= 4 is 30.1 Å². The largest absolute Gasteiger partial charge is 3.00 e. The average Bonchev–Trinajstić information content (AvgIpc) is 2.58. The van der Waals surface area contributed by atoms with Crippen molar-refractivity contribution < 1.29 is 0 Å². The summed E-state index contributed by atoms with van der Waals surface area (Å²) in [6.07, 6.45) is 0. The van der Waals surface area contributed by atoms with Crippen LogP contribution in [0.3, 0.4) is 0 Å². The third-order valence-electron chi connectivity index (χ3n) is 4.30. The Morgan fingerprint density at radius 2 is 0.913 bits per heavy atom. The van der Waals surface area contributed by atoms with Gasteiger partial charge in [-0.3, -0.25) is 4.48 Å². The topological polar surface area (TPSA) is 0 Å². The standard InChI is InChI=1S/C21H22N.Sb/c1-22(2,20-16-10-5-11-17-20)21(18-12-6-3-7-13-18)19-14-8-4-9-15-19;/h3-17,21H,1-2H3;/q+1;+3. The van der Waals surface area contributed by atoms with E-state index < -0.39 is 0 Å². The predicted molar refractivity (Wildman–Crippen MR) is 101 cm³/mol. The van der Waals surface area contributed by atoms with E-state index in [1.807, 2.05) is 0 Å². The van der Waals surface area contributed by atoms with Gasteiger partial charge in [-0.15, -0.1) is 0 Å². The van der Waals surface area contributed by atoms with Crippen LogP contribution in [0.2, 0.25) is 0 Å². The molecule has 0 amide bonds. The van der Waals surface area contributed by atoms with Crippen molar-refractivity contribution in [3.05, 3.63) is 102 Å². The minimum Gasteiger partial charge on any atom is -0.286 e. The Balaban J connectivity index is 0.00000192. The number of hydrogen-bond acceptors (Lipinski definition) is 0. The second kappa shape index (κ2) is 7.81. The molecule has 112 valence electrons. The van der Waals surface area contributed by atoms with Crippen LogP contribution in [0.25, 0.3) is 0 Å². The van der Waals surface area contributed by atoms with E-state index >= 15 is 0 Å². The van der Waals surface area contributed by atoms with Gasteiger partial charge in [0.25, 0.3) is 0 Å². The summed E-state index contributed by atoms with van der Waals surface area (Å²) in [5.41, 5.74) is 3.98. The first-order valence-electron chi connectivity index (χ1n) is 7.69. The Hall–Kier alpha value is -1.56. The van der Waals surface area contributed by atoms with Crippen LogP contribution in [-0.4, -0.2) is 38.5 Å². The van der Waals surface area contributed by atoms with E-state index in [9.17, 15) is 0 Å². The molecule has 2 heteroatoms. The van der Waals surface area contributed by atoms with Gasteiger partial charge in [0.1, 0.15) is 11.7 Å². The summed E-state index contributed by atoms with van der Waals surface area (Å²) >= 11 is 0. The molecule has 0 aliphatic heterocycles. The molecule has 3 rings (SSSR count). The Labute approximate surface area is 156 Å². The van der Waals surface area contributed by atoms with E-state index in [0.717, 1.165) is 4.48 Å². The molecule has 0 unspecified atom stereocenters. The van der Waals surface area contributed by atoms with E-state index in [-0.39, 0.29) is 30.5 Å². The molecule has 3 aromatic rings. The Bertz CT molecular complexity index is 669. The van der Waals surface area contributed by atoms with Gasteiger partial charge in [0.15, 0.2) is 0 Å². The molecule has 0 bridgehead atoms. The maximum absolute atomic E-state index is 2.28. The summed E-state index contributed by atoms with van der Waals surface area (Å²) in [7, 11) is 4.56. The number of nitrogens with zero attached hydrogens (tertiary/aromatic N) is 1. The van der Waals surface area contributed by atoms with Gasteiger partial charge in [0.05, 0.1) is 14.1 Å². The van der Waals surface area contributed by atoms with Gasteiger partial charge in [-0.05, 0) is 12.1 Å². The molecule has 0 aromatic heterocycles. The number of para-hydroxylation sites is 1. The molecule has 0 fully saturated rings. The predicted octanol–water partition coefficient (Wildman–Crippen LogP) is 4.66. The average molecular weight is 410 g/mol. The first-order valence-corrected chi connectivity index (χ1v) is 7.69. The third-order valence-corrected chi connectivity index (χ3v) is 4.30. The fourth-order valence-corrected chi connectivity index (χ4v) is 3.17. The SMILES string of the molecule is C[N+](C)(c1ccccc1)C(c1ccccc1)c1ccccc1.[Sb+3]. The van der Waals surface area contributed by atoms with Crippen molar-refractivity contribution in [2.75, 3.05) is 14.1 Å². The molecule has 0 N–H and O–H groups in total. The van der Waals surface area contributed by atoms with E-state index in [1.54, 1.807) is 0 Å². The summed E-state index contributed by atoms with van der Waals surface area (Å²) in [5.74, 6) is 0. The molecule has 1 nitrogen and oxygen atoms in total. The van der Waals surface area contributed by atoms with Gasteiger partial charge in [0.2, 0.25) is 0 Å². The van der Waals surface area contributed by atoms with E-state index in [4.69, 9.17) is 0 Å². The molecule has 0 aliphatic carbocycles. The van der Waals surface area contributed by atoms with Crippen molar-refractivity contribution in [2.24, 2.45) is 0 Å². The zero-order valence-corrected chi connectivity index (χ0v) is 16.2. The Morgan fingerprint density at radius 1 is 0.565 bits per heavy atom. The molecule has 0 saturated carbocycles. The maximum Gasteiger partial charge on any atom is 3.00 e. The first kappa shape index (κ1) is 17.8. The van der Waals surface area contributed by atoms with Gasteiger partial charge >= 0.3 is 24.4 Å². The molecule has 2 radical (unpaired) electrons. The maximum atomic E-state index is 2.28. The number of rotatable bonds is 4. The Kier molecular flexibility index (Phi) is 6.04. The van der Waals surface area contributed by atoms with Crippen LogP contribution < -0.4 is 4.48 Å². The monoisotopic (exact) mass is 409 g/mol. The fourth-order valence-electron chi connectivity index (χ4n) is 3.17. The van der Waals surface area contributed by atoms with Crippen molar-refractivity contribution in [2.45, 2.75) is 6.04 Å². The summed E-state index contributed by atoms with van der Waals surface area (Å²) < 4.78 is 0.787. The Morgan fingerprint density at radius 3 is 1.30 bits per heavy atom. The minimum absolute atomic E-state index is 0. The second-order valence-electron chi connectivity index (χ2n) is 6.10. The molecule has 0 aliphatic rings. The summed E-state index contributed by atoms with van der Waals surface area (Å²) in [5, 5.41) is 0. The van der Waals surface area contributed by atoms with E-state index in [1.165, 1.54) is 16.8 Å². The molecule has 3 aromatic carbocycles. The molecule has 0 atom stereocenters. The van der Waals surface area contributed by atoms with Crippen LogP contribution >= 0.6 is 0 Å². The van der Waals surface area contributed by atoms with Crippen LogP contribution in [0, 0.1) is 0 Å². The van der Waals surface area contributed by atoms with Crippen molar-refractivity contribution in [1.29, 1.82) is 0 Å². The number of benzene rings is 3. The van der Waals surface area contributed by atoms with Gasteiger partial charge in [-0.25, -0.2) is 0 Å². The molecule has 0 saturated heterocycles. The van der Waals surface area contributed by atoms with Gasteiger partial charge in [0, 0.05) is 11.1 Å². The van der Waals surface area contributed by atoms with E-state index in [2.05, 4.69) is 105 Å². The van der Waals surface area contributed by atoms with Crippen LogP contribution in [0.1, 0.15) is 17.2 Å². The van der Waals surface area contributed by atoms with Crippen molar-refractivity contribution in [1.82, 2.24) is 4.48 Å². The van der Waals surface area contributed by atoms with E-state index in [0.29, 0.717) is 0 Å². The number of hydrogen-bond donors (Lipinski definition) is 0. The molecule has 0 heterocycles. The van der Waals surface area contributed by atoms with Crippen LogP contribution in [0.5, 0.6) is 0 Å². The summed E-state index contributed by atoms with van der Waals surface area (Å²) in [6.45, 7) is 0. The van der Waals surface area contributed by atoms with Crippen LogP contribution in [-0.2, 0) is 0 Å². The minimum atomic E-state index is 0. The van der Waals surface area contributed by atoms with Gasteiger partial charge in [-0.2, -0.15) is 0 Å². The molecule has 23 heavy (non-hydrogen) atoms. The number of quaternary nitrogens is 1. The summed E-state index contributed by atoms with van der Waals surface area (Å²) in [4.78, 5) is 0. The third kappa shape index (κ3) is 3.86. The normalized spacial score (nSPS) is 11.1. The van der Waals surface area contributed by atoms with Crippen molar-refractivity contribution in [3.63, 3.8) is 0 Å². The van der Waals surface area contributed by atoms with Gasteiger partial charge < -0.3 is 0 Å². The van der Waals surface area contributed by atoms with Crippen molar-refractivity contribution in [3.8, 4) is 0 Å².